The quantitative estimate of drug-likeness (QED) is 0.622. The van der Waals surface area contributed by atoms with Gasteiger partial charge in [-0.2, -0.15) is 0 Å². The number of aliphatic carboxylic acids is 1. The normalized spacial score (nSPS) is 19.9. The van der Waals surface area contributed by atoms with Gasteiger partial charge in [-0.1, -0.05) is 19.8 Å². The van der Waals surface area contributed by atoms with Crippen molar-refractivity contribution in [3.05, 3.63) is 0 Å². The van der Waals surface area contributed by atoms with Gasteiger partial charge in [-0.05, 0) is 25.2 Å². The highest BCUT2D eigenvalue weighted by atomic mass is 16.5. The summed E-state index contributed by atoms with van der Waals surface area (Å²) in [6.45, 7) is 4.11. The molecule has 0 aromatic rings. The third-order valence-electron chi connectivity index (χ3n) is 3.31. The molecule has 1 rings (SSSR count). The van der Waals surface area contributed by atoms with Gasteiger partial charge in [0.2, 0.25) is 0 Å². The van der Waals surface area contributed by atoms with Gasteiger partial charge in [-0.25, -0.2) is 9.59 Å². The maximum Gasteiger partial charge on any atom is 0.326 e. The molecule has 3 N–H and O–H groups in total. The lowest BCUT2D eigenvalue weighted by atomic mass is 10.1. The summed E-state index contributed by atoms with van der Waals surface area (Å²) >= 11 is 0. The van der Waals surface area contributed by atoms with Crippen LogP contribution in [0.3, 0.4) is 0 Å². The summed E-state index contributed by atoms with van der Waals surface area (Å²) in [4.78, 5) is 22.5. The Balaban J connectivity index is 2.17. The highest BCUT2D eigenvalue weighted by Gasteiger charge is 2.19. The minimum Gasteiger partial charge on any atom is -0.480 e. The first-order chi connectivity index (χ1) is 9.13. The maximum absolute atomic E-state index is 11.6. The van der Waals surface area contributed by atoms with E-state index in [-0.39, 0.29) is 0 Å². The molecule has 0 saturated carbocycles. The van der Waals surface area contributed by atoms with Gasteiger partial charge < -0.3 is 20.5 Å². The van der Waals surface area contributed by atoms with Crippen molar-refractivity contribution in [2.24, 2.45) is 5.92 Å². The molecule has 0 bridgehead atoms. The Labute approximate surface area is 113 Å². The fourth-order valence-electron chi connectivity index (χ4n) is 2.08. The number of hydrogen-bond acceptors (Lipinski definition) is 3. The van der Waals surface area contributed by atoms with Crippen LogP contribution in [0.1, 0.15) is 39.0 Å². The van der Waals surface area contributed by atoms with E-state index in [0.29, 0.717) is 18.9 Å². The summed E-state index contributed by atoms with van der Waals surface area (Å²) in [7, 11) is 0. The molecule has 1 aliphatic heterocycles. The van der Waals surface area contributed by atoms with Crippen LogP contribution in [0.4, 0.5) is 4.79 Å². The van der Waals surface area contributed by atoms with Crippen LogP contribution in [-0.2, 0) is 9.53 Å². The Morgan fingerprint density at radius 1 is 1.47 bits per heavy atom. The first-order valence-corrected chi connectivity index (χ1v) is 6.98. The lowest BCUT2D eigenvalue weighted by molar-refractivity contribution is -0.139. The molecule has 1 aliphatic rings. The van der Waals surface area contributed by atoms with Crippen LogP contribution in [0, 0.1) is 5.92 Å². The number of carboxylic acid groups (broad SMARTS) is 1. The van der Waals surface area contributed by atoms with Crippen LogP contribution in [0.25, 0.3) is 0 Å². The van der Waals surface area contributed by atoms with Crippen LogP contribution < -0.4 is 10.6 Å². The molecule has 2 atom stereocenters. The average Bonchev–Trinajstić information content (AvgIpc) is 2.87. The number of unbranched alkanes of at least 4 members (excludes halogenated alkanes) is 1. The first kappa shape index (κ1) is 15.8. The minimum absolute atomic E-state index is 0.401. The predicted octanol–water partition coefficient (Wildman–Crippen LogP) is 1.36. The smallest absolute Gasteiger partial charge is 0.326 e. The number of ether oxygens (including phenoxy) is 1. The van der Waals surface area contributed by atoms with Gasteiger partial charge in [-0.3, -0.25) is 0 Å². The van der Waals surface area contributed by atoms with E-state index in [0.717, 1.165) is 38.9 Å². The molecule has 1 heterocycles. The van der Waals surface area contributed by atoms with Gasteiger partial charge in [-0.15, -0.1) is 0 Å². The van der Waals surface area contributed by atoms with Crippen molar-refractivity contribution >= 4 is 12.0 Å². The van der Waals surface area contributed by atoms with Crippen molar-refractivity contribution in [3.8, 4) is 0 Å². The molecule has 6 nitrogen and oxygen atoms in total. The molecule has 0 aromatic heterocycles. The van der Waals surface area contributed by atoms with E-state index in [1.807, 2.05) is 6.92 Å². The molecular weight excluding hydrogens is 248 g/mol. The van der Waals surface area contributed by atoms with Crippen molar-refractivity contribution in [2.75, 3.05) is 19.8 Å². The van der Waals surface area contributed by atoms with E-state index in [1.165, 1.54) is 0 Å². The molecule has 0 radical (unpaired) electrons. The molecule has 1 unspecified atom stereocenters. The zero-order chi connectivity index (χ0) is 14.1. The number of hydrogen-bond donors (Lipinski definition) is 3. The summed E-state index contributed by atoms with van der Waals surface area (Å²) in [5.41, 5.74) is 0. The molecule has 19 heavy (non-hydrogen) atoms. The number of urea groups is 1. The summed E-state index contributed by atoms with van der Waals surface area (Å²) in [6.07, 6.45) is 4.08. The maximum atomic E-state index is 11.6. The van der Waals surface area contributed by atoms with Crippen molar-refractivity contribution in [2.45, 2.75) is 45.1 Å². The predicted molar refractivity (Wildman–Crippen MR) is 71.0 cm³/mol. The average molecular weight is 272 g/mol. The second-order valence-corrected chi connectivity index (χ2v) is 4.95. The Morgan fingerprint density at radius 3 is 2.84 bits per heavy atom. The lowest BCUT2D eigenvalue weighted by Crippen LogP contribution is -2.46. The Bertz CT molecular complexity index is 290. The highest BCUT2D eigenvalue weighted by Crippen LogP contribution is 2.15. The molecule has 0 aromatic carbocycles. The molecule has 2 amide bonds. The van der Waals surface area contributed by atoms with Gasteiger partial charge in [0.15, 0.2) is 0 Å². The van der Waals surface area contributed by atoms with Gasteiger partial charge in [0.05, 0.1) is 0 Å². The van der Waals surface area contributed by atoms with E-state index in [4.69, 9.17) is 9.84 Å². The van der Waals surface area contributed by atoms with Crippen LogP contribution in [0.15, 0.2) is 0 Å². The molecule has 1 fully saturated rings. The SMILES string of the molecule is CCCC[C@H](NC(=O)NCCC1CCOC1)C(=O)O. The van der Waals surface area contributed by atoms with Crippen LogP contribution in [0.5, 0.6) is 0 Å². The second kappa shape index (κ2) is 8.74. The third-order valence-corrected chi connectivity index (χ3v) is 3.31. The number of carbonyl (C=O) groups is 2. The first-order valence-electron chi connectivity index (χ1n) is 6.98. The van der Waals surface area contributed by atoms with Crippen molar-refractivity contribution in [1.82, 2.24) is 10.6 Å². The monoisotopic (exact) mass is 272 g/mol. The number of amides is 2. The van der Waals surface area contributed by atoms with Gasteiger partial charge in [0.25, 0.3) is 0 Å². The molecular formula is C13H24N2O4. The van der Waals surface area contributed by atoms with Crippen LogP contribution in [-0.4, -0.2) is 42.9 Å². The minimum atomic E-state index is -0.979. The highest BCUT2D eigenvalue weighted by molar-refractivity contribution is 5.82. The molecule has 0 aliphatic carbocycles. The third kappa shape index (κ3) is 6.42. The van der Waals surface area contributed by atoms with E-state index in [1.54, 1.807) is 0 Å². The number of carbonyl (C=O) groups excluding carboxylic acids is 1. The van der Waals surface area contributed by atoms with E-state index in [9.17, 15) is 9.59 Å². The Hall–Kier alpha value is -1.30. The fourth-order valence-corrected chi connectivity index (χ4v) is 2.08. The summed E-state index contributed by atoms with van der Waals surface area (Å²) in [5.74, 6) is -0.469. The van der Waals surface area contributed by atoms with E-state index >= 15 is 0 Å². The largest absolute Gasteiger partial charge is 0.480 e. The standard InChI is InChI=1S/C13H24N2O4/c1-2-3-4-11(12(16)17)15-13(18)14-7-5-10-6-8-19-9-10/h10-11H,2-9H2,1H3,(H,16,17)(H2,14,15,18)/t10?,11-/m0/s1. The van der Waals surface area contributed by atoms with Crippen LogP contribution >= 0.6 is 0 Å². The van der Waals surface area contributed by atoms with E-state index < -0.39 is 18.0 Å². The second-order valence-electron chi connectivity index (χ2n) is 4.95. The zero-order valence-corrected chi connectivity index (χ0v) is 11.5. The fraction of sp³-hybridized carbons (Fsp3) is 0.846. The number of rotatable bonds is 8. The summed E-state index contributed by atoms with van der Waals surface area (Å²) < 4.78 is 5.25. The van der Waals surface area contributed by atoms with Crippen molar-refractivity contribution in [1.29, 1.82) is 0 Å². The van der Waals surface area contributed by atoms with Gasteiger partial charge in [0.1, 0.15) is 6.04 Å². The Morgan fingerprint density at radius 2 is 2.26 bits per heavy atom. The van der Waals surface area contributed by atoms with Crippen molar-refractivity contribution in [3.63, 3.8) is 0 Å². The molecule has 110 valence electrons. The van der Waals surface area contributed by atoms with Gasteiger partial charge >= 0.3 is 12.0 Å². The van der Waals surface area contributed by atoms with E-state index in [2.05, 4.69) is 10.6 Å². The number of carboxylic acids is 1. The Kier molecular flexibility index (Phi) is 7.25. The molecule has 1 saturated heterocycles. The topological polar surface area (TPSA) is 87.7 Å². The summed E-state index contributed by atoms with van der Waals surface area (Å²) in [5, 5.41) is 14.2. The molecule has 6 heteroatoms. The number of nitrogens with one attached hydrogen (secondary N) is 2. The van der Waals surface area contributed by atoms with Crippen LogP contribution in [0.2, 0.25) is 0 Å². The lowest BCUT2D eigenvalue weighted by Gasteiger charge is -2.15. The van der Waals surface area contributed by atoms with Gasteiger partial charge in [0, 0.05) is 19.8 Å². The van der Waals surface area contributed by atoms with Crippen molar-refractivity contribution < 1.29 is 19.4 Å². The zero-order valence-electron chi connectivity index (χ0n) is 11.5. The molecule has 0 spiro atoms. The summed E-state index contributed by atoms with van der Waals surface area (Å²) in [6, 6.07) is -1.20.